The Morgan fingerprint density at radius 2 is 2.32 bits per heavy atom. The summed E-state index contributed by atoms with van der Waals surface area (Å²) in [5, 5.41) is 11.0. The number of halogens is 2. The average Bonchev–Trinajstić information content (AvgIpc) is 2.36. The number of thioether (sulfide) groups is 1. The van der Waals surface area contributed by atoms with Crippen LogP contribution in [0.5, 0.6) is 0 Å². The maximum Gasteiger partial charge on any atom is 0.326 e. The zero-order valence-corrected chi connectivity index (χ0v) is 12.3. The summed E-state index contributed by atoms with van der Waals surface area (Å²) in [6.45, 7) is 0. The fourth-order valence-corrected chi connectivity index (χ4v) is 2.79. The number of aliphatic carboxylic acids is 1. The Morgan fingerprint density at radius 3 is 2.95 bits per heavy atom. The number of rotatable bonds is 8. The van der Waals surface area contributed by atoms with Gasteiger partial charge >= 0.3 is 5.97 Å². The monoisotopic (exact) mass is 349 g/mol. The predicted molar refractivity (Wildman–Crippen MR) is 75.5 cm³/mol. The zero-order valence-electron chi connectivity index (χ0n) is 9.94. The van der Waals surface area contributed by atoms with Crippen LogP contribution in [0.15, 0.2) is 22.7 Å². The van der Waals surface area contributed by atoms with Crippen LogP contribution in [0.1, 0.15) is 12.0 Å². The van der Waals surface area contributed by atoms with Gasteiger partial charge in [-0.1, -0.05) is 15.9 Å². The Bertz CT molecular complexity index is 459. The number of amides is 1. The van der Waals surface area contributed by atoms with Gasteiger partial charge in [-0.15, -0.1) is 0 Å². The van der Waals surface area contributed by atoms with Crippen molar-refractivity contribution in [3.63, 3.8) is 0 Å². The lowest BCUT2D eigenvalue weighted by molar-refractivity contribution is -0.140. The van der Waals surface area contributed by atoms with Gasteiger partial charge in [0.15, 0.2) is 0 Å². The van der Waals surface area contributed by atoms with Crippen LogP contribution in [0.2, 0.25) is 0 Å². The van der Waals surface area contributed by atoms with Crippen molar-refractivity contribution in [1.82, 2.24) is 5.32 Å². The molecule has 0 saturated heterocycles. The normalized spacial score (nSPS) is 11.9. The molecule has 0 aromatic heterocycles. The molecule has 1 aromatic rings. The summed E-state index contributed by atoms with van der Waals surface area (Å²) in [5.41, 5.74) is 0.564. The third kappa shape index (κ3) is 5.61. The molecule has 1 rings (SSSR count). The maximum atomic E-state index is 13.4. The standard InChI is InChI=1S/C12H13BrFNO3S/c13-9-1-2-10(14)8(5-9)6-19-4-3-11(12(17)18)15-7-16/h1-2,5,7,11H,3-4,6H2,(H,15,16)(H,17,18). The third-order valence-corrected chi connectivity index (χ3v) is 3.92. The van der Waals surface area contributed by atoms with E-state index in [0.717, 1.165) is 4.47 Å². The first-order valence-electron chi connectivity index (χ1n) is 5.48. The van der Waals surface area contributed by atoms with E-state index in [1.165, 1.54) is 17.8 Å². The Kier molecular flexibility index (Phi) is 6.86. The summed E-state index contributed by atoms with van der Waals surface area (Å²) in [4.78, 5) is 21.0. The highest BCUT2D eigenvalue weighted by Crippen LogP contribution is 2.21. The molecule has 7 heteroatoms. The summed E-state index contributed by atoms with van der Waals surface area (Å²) in [6.07, 6.45) is 0.672. The lowest BCUT2D eigenvalue weighted by Gasteiger charge is -2.10. The summed E-state index contributed by atoms with van der Waals surface area (Å²) in [7, 11) is 0. The van der Waals surface area contributed by atoms with Gasteiger partial charge in [0.05, 0.1) is 0 Å². The van der Waals surface area contributed by atoms with Crippen LogP contribution < -0.4 is 5.32 Å². The fraction of sp³-hybridized carbons (Fsp3) is 0.333. The SMILES string of the molecule is O=CNC(CCSCc1cc(Br)ccc1F)C(=O)O. The average molecular weight is 350 g/mol. The molecule has 0 bridgehead atoms. The maximum absolute atomic E-state index is 13.4. The molecule has 4 nitrogen and oxygen atoms in total. The molecule has 1 unspecified atom stereocenters. The molecule has 0 radical (unpaired) electrons. The molecule has 0 heterocycles. The number of hydrogen-bond donors (Lipinski definition) is 2. The van der Waals surface area contributed by atoms with Crippen molar-refractivity contribution in [1.29, 1.82) is 0 Å². The molecule has 19 heavy (non-hydrogen) atoms. The van der Waals surface area contributed by atoms with E-state index in [9.17, 15) is 14.0 Å². The molecule has 1 atom stereocenters. The van der Waals surface area contributed by atoms with Crippen molar-refractivity contribution in [2.75, 3.05) is 5.75 Å². The predicted octanol–water partition coefficient (Wildman–Crippen LogP) is 2.41. The van der Waals surface area contributed by atoms with Gasteiger partial charge in [-0.2, -0.15) is 11.8 Å². The van der Waals surface area contributed by atoms with E-state index in [1.54, 1.807) is 12.1 Å². The lowest BCUT2D eigenvalue weighted by atomic mass is 10.2. The molecule has 0 aliphatic rings. The van der Waals surface area contributed by atoms with Crippen LogP contribution >= 0.6 is 27.7 Å². The number of carboxylic acid groups (broad SMARTS) is 1. The molecule has 0 aliphatic carbocycles. The third-order valence-electron chi connectivity index (χ3n) is 2.38. The first kappa shape index (κ1) is 16.0. The number of nitrogens with one attached hydrogen (secondary N) is 1. The molecule has 0 saturated carbocycles. The number of carbonyl (C=O) groups excluding carboxylic acids is 1. The molecule has 1 amide bonds. The van der Waals surface area contributed by atoms with Gasteiger partial charge in [-0.25, -0.2) is 9.18 Å². The van der Waals surface area contributed by atoms with Crippen LogP contribution in [-0.2, 0) is 15.3 Å². The van der Waals surface area contributed by atoms with Crippen molar-refractivity contribution in [3.05, 3.63) is 34.1 Å². The first-order chi connectivity index (χ1) is 9.04. The molecular formula is C12H13BrFNO3S. The summed E-state index contributed by atoms with van der Waals surface area (Å²) < 4.78 is 14.2. The van der Waals surface area contributed by atoms with E-state index in [4.69, 9.17) is 5.11 Å². The van der Waals surface area contributed by atoms with E-state index < -0.39 is 12.0 Å². The highest BCUT2D eigenvalue weighted by Gasteiger charge is 2.15. The van der Waals surface area contributed by atoms with E-state index in [1.807, 2.05) is 0 Å². The van der Waals surface area contributed by atoms with Crippen LogP contribution in [0.25, 0.3) is 0 Å². The van der Waals surface area contributed by atoms with Crippen LogP contribution in [0.3, 0.4) is 0 Å². The Morgan fingerprint density at radius 1 is 1.58 bits per heavy atom. The first-order valence-corrected chi connectivity index (χ1v) is 7.43. The van der Waals surface area contributed by atoms with Crippen molar-refractivity contribution >= 4 is 40.1 Å². The number of hydrogen-bond acceptors (Lipinski definition) is 3. The van der Waals surface area contributed by atoms with Gasteiger partial charge in [0, 0.05) is 10.2 Å². The van der Waals surface area contributed by atoms with Gasteiger partial charge in [0.25, 0.3) is 0 Å². The summed E-state index contributed by atoms with van der Waals surface area (Å²) in [5.74, 6) is -0.375. The highest BCUT2D eigenvalue weighted by molar-refractivity contribution is 9.10. The minimum absolute atomic E-state index is 0.281. The van der Waals surface area contributed by atoms with E-state index in [2.05, 4.69) is 21.2 Å². The van der Waals surface area contributed by atoms with Crippen molar-refractivity contribution < 1.29 is 19.1 Å². The molecule has 2 N–H and O–H groups in total. The minimum Gasteiger partial charge on any atom is -0.480 e. The second kappa shape index (κ2) is 8.16. The van der Waals surface area contributed by atoms with Crippen LogP contribution in [0.4, 0.5) is 4.39 Å². The minimum atomic E-state index is -1.07. The van der Waals surface area contributed by atoms with Gasteiger partial charge in [0.2, 0.25) is 6.41 Å². The molecule has 0 spiro atoms. The molecule has 104 valence electrons. The highest BCUT2D eigenvalue weighted by atomic mass is 79.9. The van der Waals surface area contributed by atoms with Gasteiger partial charge in [0.1, 0.15) is 11.9 Å². The van der Waals surface area contributed by atoms with Crippen molar-refractivity contribution in [2.24, 2.45) is 0 Å². The van der Waals surface area contributed by atoms with Gasteiger partial charge in [-0.3, -0.25) is 4.79 Å². The van der Waals surface area contributed by atoms with Gasteiger partial charge in [-0.05, 0) is 35.9 Å². The Labute approximate surface area is 122 Å². The van der Waals surface area contributed by atoms with E-state index in [0.29, 0.717) is 29.9 Å². The lowest BCUT2D eigenvalue weighted by Crippen LogP contribution is -2.36. The quantitative estimate of drug-likeness (QED) is 0.558. The second-order valence-electron chi connectivity index (χ2n) is 3.75. The van der Waals surface area contributed by atoms with Gasteiger partial charge < -0.3 is 10.4 Å². The topological polar surface area (TPSA) is 66.4 Å². The number of carbonyl (C=O) groups is 2. The molecular weight excluding hydrogens is 337 g/mol. The van der Waals surface area contributed by atoms with E-state index >= 15 is 0 Å². The Balaban J connectivity index is 2.39. The van der Waals surface area contributed by atoms with Crippen molar-refractivity contribution in [2.45, 2.75) is 18.2 Å². The smallest absolute Gasteiger partial charge is 0.326 e. The molecule has 1 aromatic carbocycles. The largest absolute Gasteiger partial charge is 0.480 e. The summed E-state index contributed by atoms with van der Waals surface area (Å²) >= 11 is 4.69. The zero-order chi connectivity index (χ0) is 14.3. The molecule has 0 fully saturated rings. The fourth-order valence-electron chi connectivity index (χ4n) is 1.40. The summed E-state index contributed by atoms with van der Waals surface area (Å²) in [6, 6.07) is 3.81. The number of carboxylic acids is 1. The van der Waals surface area contributed by atoms with Crippen LogP contribution in [0, 0.1) is 5.82 Å². The van der Waals surface area contributed by atoms with Crippen molar-refractivity contribution in [3.8, 4) is 0 Å². The second-order valence-corrected chi connectivity index (χ2v) is 5.77. The number of benzene rings is 1. The molecule has 0 aliphatic heterocycles. The Hall–Kier alpha value is -1.08. The van der Waals surface area contributed by atoms with Crippen LogP contribution in [-0.4, -0.2) is 29.3 Å². The van der Waals surface area contributed by atoms with E-state index in [-0.39, 0.29) is 5.82 Å².